The van der Waals surface area contributed by atoms with Crippen molar-refractivity contribution in [3.05, 3.63) is 97.2 Å². The van der Waals surface area contributed by atoms with Crippen molar-refractivity contribution in [1.82, 2.24) is 0 Å². The van der Waals surface area contributed by atoms with Crippen molar-refractivity contribution < 1.29 is 44.2 Å². The molecule has 4 N–H and O–H groups in total. The topological polar surface area (TPSA) is 135 Å². The summed E-state index contributed by atoms with van der Waals surface area (Å²) in [7, 11) is 0. The highest BCUT2D eigenvalue weighted by atomic mass is 16.7. The Morgan fingerprint density at radius 3 is 1.37 bits per heavy atom. The number of allylic oxidation sites excluding steroid dienone is 16. The van der Waals surface area contributed by atoms with E-state index in [1.807, 2.05) is 0 Å². The summed E-state index contributed by atoms with van der Waals surface area (Å²) in [6, 6.07) is 0. The van der Waals surface area contributed by atoms with Gasteiger partial charge in [-0.3, -0.25) is 4.79 Å². The summed E-state index contributed by atoms with van der Waals surface area (Å²) in [5, 5.41) is 40.3. The van der Waals surface area contributed by atoms with E-state index in [-0.39, 0.29) is 25.6 Å². The number of carbonyl (C=O) groups is 1. The molecular formula is C59H100O9. The molecule has 0 aromatic carbocycles. The lowest BCUT2D eigenvalue weighted by molar-refractivity contribution is -0.305. The van der Waals surface area contributed by atoms with Crippen molar-refractivity contribution in [3.63, 3.8) is 0 Å². The molecule has 1 rings (SSSR count). The third-order valence-electron chi connectivity index (χ3n) is 12.0. The molecule has 0 saturated carbocycles. The molecule has 9 nitrogen and oxygen atoms in total. The fraction of sp³-hybridized carbons (Fsp3) is 0.712. The van der Waals surface area contributed by atoms with E-state index in [0.29, 0.717) is 13.0 Å². The van der Waals surface area contributed by atoms with E-state index >= 15 is 0 Å². The van der Waals surface area contributed by atoms with Crippen molar-refractivity contribution in [1.29, 1.82) is 0 Å². The van der Waals surface area contributed by atoms with Crippen molar-refractivity contribution >= 4 is 5.97 Å². The summed E-state index contributed by atoms with van der Waals surface area (Å²) in [6.07, 6.45) is 61.6. The maximum absolute atomic E-state index is 12.9. The molecule has 6 atom stereocenters. The molecule has 0 radical (unpaired) electrons. The van der Waals surface area contributed by atoms with Gasteiger partial charge in [0.05, 0.1) is 19.8 Å². The first-order valence-electron chi connectivity index (χ1n) is 27.3. The summed E-state index contributed by atoms with van der Waals surface area (Å²) in [6.45, 7) is 4.40. The van der Waals surface area contributed by atoms with E-state index in [9.17, 15) is 25.2 Å². The van der Waals surface area contributed by atoms with Crippen LogP contribution >= 0.6 is 0 Å². The molecule has 1 fully saturated rings. The van der Waals surface area contributed by atoms with Crippen LogP contribution in [-0.4, -0.2) is 89.6 Å². The molecule has 1 aliphatic heterocycles. The number of hydrogen-bond donors (Lipinski definition) is 4. The predicted octanol–water partition coefficient (Wildman–Crippen LogP) is 13.9. The molecule has 6 unspecified atom stereocenters. The number of unbranched alkanes of at least 4 members (excludes halogenated alkanes) is 19. The molecule has 9 heteroatoms. The zero-order chi connectivity index (χ0) is 49.2. The van der Waals surface area contributed by atoms with Gasteiger partial charge in [0.1, 0.15) is 30.5 Å². The largest absolute Gasteiger partial charge is 0.457 e. The lowest BCUT2D eigenvalue weighted by atomic mass is 9.99. The zero-order valence-corrected chi connectivity index (χ0v) is 43.1. The van der Waals surface area contributed by atoms with Crippen LogP contribution in [0.15, 0.2) is 97.2 Å². The van der Waals surface area contributed by atoms with Gasteiger partial charge in [-0.15, -0.1) is 0 Å². The predicted molar refractivity (Wildman–Crippen MR) is 283 cm³/mol. The van der Waals surface area contributed by atoms with Gasteiger partial charge < -0.3 is 39.4 Å². The van der Waals surface area contributed by atoms with Gasteiger partial charge in [-0.2, -0.15) is 0 Å². The van der Waals surface area contributed by atoms with E-state index in [2.05, 4.69) is 111 Å². The van der Waals surface area contributed by atoms with E-state index in [0.717, 1.165) is 77.0 Å². The third kappa shape index (κ3) is 38.9. The highest BCUT2D eigenvalue weighted by Gasteiger charge is 2.44. The second kappa shape index (κ2) is 49.1. The molecule has 1 heterocycles. The number of hydrogen-bond acceptors (Lipinski definition) is 9. The number of ether oxygens (including phenoxy) is 4. The van der Waals surface area contributed by atoms with Crippen molar-refractivity contribution in [2.75, 3.05) is 26.4 Å². The van der Waals surface area contributed by atoms with E-state index < -0.39 is 43.4 Å². The van der Waals surface area contributed by atoms with Gasteiger partial charge >= 0.3 is 5.97 Å². The quantitative estimate of drug-likeness (QED) is 0.0267. The monoisotopic (exact) mass is 953 g/mol. The summed E-state index contributed by atoms with van der Waals surface area (Å²) in [5.74, 6) is -0.347. The highest BCUT2D eigenvalue weighted by molar-refractivity contribution is 5.69. The van der Waals surface area contributed by atoms with E-state index in [1.54, 1.807) is 0 Å². The molecular weight excluding hydrogens is 853 g/mol. The molecule has 390 valence electrons. The first kappa shape index (κ1) is 63.1. The average Bonchev–Trinajstić information content (AvgIpc) is 3.34. The first-order valence-corrected chi connectivity index (χ1v) is 27.3. The standard InChI is InChI=1S/C59H100O9/c1-3-5-7-9-11-13-15-17-19-21-23-25-26-27-28-29-30-32-34-36-38-40-42-44-46-48-55(61)67-53(52-66-59-58(64)57(63)56(62)54(50-60)68-59)51-65-49-47-45-43-41-39-37-35-33-31-24-22-20-18-16-14-12-10-8-6-4-2/h5,7,11,13,17-20,23,25,27-28,30,32,36,38,53-54,56-60,62-64H,3-4,6,8-10,12,14-16,21-22,24,26,29,31,33-35,37,39-52H2,1-2H3/b7-5-,13-11-,19-17-,20-18-,25-23-,28-27-,32-30-,38-36-. The molecule has 0 aromatic heterocycles. The summed E-state index contributed by atoms with van der Waals surface area (Å²) in [4.78, 5) is 12.9. The van der Waals surface area contributed by atoms with Gasteiger partial charge in [-0.05, 0) is 96.3 Å². The SMILES string of the molecule is CC/C=C\C/C=C\C/C=C\C/C=C\C/C=C\C/C=C\C/C=C\CCCCCC(=O)OC(COCCCCCCCCCCCC/C=C\CCCCCCCC)COC1OC(CO)C(O)C(O)C1O. The minimum Gasteiger partial charge on any atom is -0.457 e. The molecule has 1 saturated heterocycles. The van der Waals surface area contributed by atoms with Gasteiger partial charge in [0, 0.05) is 13.0 Å². The second-order valence-corrected chi connectivity index (χ2v) is 18.3. The van der Waals surface area contributed by atoms with Crippen LogP contribution in [0.5, 0.6) is 0 Å². The van der Waals surface area contributed by atoms with Crippen molar-refractivity contribution in [2.45, 2.75) is 243 Å². The maximum Gasteiger partial charge on any atom is 0.306 e. The minimum absolute atomic E-state index is 0.125. The molecule has 68 heavy (non-hydrogen) atoms. The molecule has 0 amide bonds. The van der Waals surface area contributed by atoms with Crippen LogP contribution < -0.4 is 0 Å². The van der Waals surface area contributed by atoms with Crippen LogP contribution in [0.4, 0.5) is 0 Å². The molecule has 0 aliphatic carbocycles. The number of aliphatic hydroxyl groups is 4. The number of esters is 1. The minimum atomic E-state index is -1.55. The smallest absolute Gasteiger partial charge is 0.306 e. The second-order valence-electron chi connectivity index (χ2n) is 18.3. The number of aliphatic hydroxyl groups excluding tert-OH is 4. The summed E-state index contributed by atoms with van der Waals surface area (Å²) in [5.41, 5.74) is 0. The van der Waals surface area contributed by atoms with Crippen LogP contribution in [-0.2, 0) is 23.7 Å². The Morgan fingerprint density at radius 1 is 0.485 bits per heavy atom. The van der Waals surface area contributed by atoms with Crippen LogP contribution in [0.1, 0.15) is 206 Å². The van der Waals surface area contributed by atoms with Gasteiger partial charge in [-0.1, -0.05) is 201 Å². The fourth-order valence-electron chi connectivity index (χ4n) is 7.76. The van der Waals surface area contributed by atoms with Crippen LogP contribution in [0, 0.1) is 0 Å². The third-order valence-corrected chi connectivity index (χ3v) is 12.0. The summed E-state index contributed by atoms with van der Waals surface area (Å²) >= 11 is 0. The number of rotatable bonds is 46. The first-order chi connectivity index (χ1) is 33.4. The van der Waals surface area contributed by atoms with E-state index in [1.165, 1.54) is 103 Å². The molecule has 0 bridgehead atoms. The molecule has 1 aliphatic rings. The van der Waals surface area contributed by atoms with E-state index in [4.69, 9.17) is 18.9 Å². The maximum atomic E-state index is 12.9. The lowest BCUT2D eigenvalue weighted by Gasteiger charge is -2.39. The highest BCUT2D eigenvalue weighted by Crippen LogP contribution is 2.23. The normalized spacial score (nSPS) is 19.9. The van der Waals surface area contributed by atoms with Gasteiger partial charge in [0.25, 0.3) is 0 Å². The van der Waals surface area contributed by atoms with Crippen molar-refractivity contribution in [3.8, 4) is 0 Å². The Balaban J connectivity index is 2.23. The van der Waals surface area contributed by atoms with Gasteiger partial charge in [-0.25, -0.2) is 0 Å². The van der Waals surface area contributed by atoms with Crippen LogP contribution in [0.2, 0.25) is 0 Å². The zero-order valence-electron chi connectivity index (χ0n) is 43.1. The van der Waals surface area contributed by atoms with Crippen LogP contribution in [0.3, 0.4) is 0 Å². The Hall–Kier alpha value is -2.89. The van der Waals surface area contributed by atoms with Crippen LogP contribution in [0.25, 0.3) is 0 Å². The Labute approximate surface area is 415 Å². The van der Waals surface area contributed by atoms with Crippen molar-refractivity contribution in [2.24, 2.45) is 0 Å². The lowest BCUT2D eigenvalue weighted by Crippen LogP contribution is -2.59. The fourth-order valence-corrected chi connectivity index (χ4v) is 7.76. The average molecular weight is 953 g/mol. The summed E-state index contributed by atoms with van der Waals surface area (Å²) < 4.78 is 22.9. The number of carbonyl (C=O) groups excluding carboxylic acids is 1. The molecule has 0 aromatic rings. The Kier molecular flexibility index (Phi) is 45.6. The Bertz CT molecular complexity index is 1360. The molecule has 0 spiro atoms. The van der Waals surface area contributed by atoms with Gasteiger partial charge in [0.15, 0.2) is 6.29 Å². The Morgan fingerprint density at radius 2 is 0.897 bits per heavy atom. The van der Waals surface area contributed by atoms with Gasteiger partial charge in [0.2, 0.25) is 0 Å².